The van der Waals surface area contributed by atoms with Gasteiger partial charge in [0, 0.05) is 28.4 Å². The van der Waals surface area contributed by atoms with Crippen LogP contribution in [0.5, 0.6) is 0 Å². The highest BCUT2D eigenvalue weighted by Crippen LogP contribution is 2.29. The van der Waals surface area contributed by atoms with Crippen molar-refractivity contribution in [3.05, 3.63) is 65.7 Å². The zero-order valence-corrected chi connectivity index (χ0v) is 17.0. The highest BCUT2D eigenvalue weighted by atomic mass is 19.2. The van der Waals surface area contributed by atoms with E-state index in [0.717, 1.165) is 6.07 Å². The fourth-order valence-electron chi connectivity index (χ4n) is 2.63. The van der Waals surface area contributed by atoms with E-state index in [9.17, 15) is 18.0 Å². The van der Waals surface area contributed by atoms with Crippen LogP contribution in [0.3, 0.4) is 0 Å². The summed E-state index contributed by atoms with van der Waals surface area (Å²) < 4.78 is 40.9. The highest BCUT2D eigenvalue weighted by Gasteiger charge is 2.21. The van der Waals surface area contributed by atoms with Crippen molar-refractivity contribution >= 4 is 23.1 Å². The van der Waals surface area contributed by atoms with Crippen molar-refractivity contribution in [3.63, 3.8) is 0 Å². The lowest BCUT2D eigenvalue weighted by atomic mass is 9.95. The molecule has 2 aromatic carbocycles. The monoisotopic (exact) mass is 414 g/mol. The number of nitrogens with one attached hydrogen (secondary N) is 2. The number of rotatable bonds is 4. The molecule has 0 aliphatic heterocycles. The molecule has 3 aromatic rings. The Labute approximate surface area is 172 Å². The minimum absolute atomic E-state index is 0.0440. The summed E-state index contributed by atoms with van der Waals surface area (Å²) in [6.45, 7) is 6.83. The van der Waals surface area contributed by atoms with Crippen molar-refractivity contribution in [1.29, 1.82) is 0 Å². The second-order valence-electron chi connectivity index (χ2n) is 7.85. The number of aromatic nitrogens is 2. The van der Waals surface area contributed by atoms with E-state index in [0.29, 0.717) is 17.2 Å². The van der Waals surface area contributed by atoms with Crippen LogP contribution in [0.15, 0.2) is 42.7 Å². The molecule has 0 saturated carbocycles. The summed E-state index contributed by atoms with van der Waals surface area (Å²) in [6.07, 6.45) is 1.24. The molecule has 0 aliphatic rings. The molecule has 30 heavy (non-hydrogen) atoms. The third-order valence-electron chi connectivity index (χ3n) is 4.45. The third-order valence-corrected chi connectivity index (χ3v) is 4.45. The van der Waals surface area contributed by atoms with Gasteiger partial charge in [-0.15, -0.1) is 0 Å². The van der Waals surface area contributed by atoms with Crippen LogP contribution in [0, 0.1) is 29.8 Å². The number of anilines is 3. The Morgan fingerprint density at radius 2 is 1.57 bits per heavy atom. The average molecular weight is 414 g/mol. The standard InChI is InChI=1S/C22H21F3N4O/c1-12-15(9-16(23)20(25)19(12)24)17-10-18(27-11-26-17)28-13-5-7-14(8-6-13)29-21(30)22(2,3)4/h5-11H,1-4H3,(H,29,30)(H,26,27,28). The lowest BCUT2D eigenvalue weighted by Gasteiger charge is -2.17. The average Bonchev–Trinajstić information content (AvgIpc) is 2.70. The quantitative estimate of drug-likeness (QED) is 0.546. The number of amides is 1. The van der Waals surface area contributed by atoms with Gasteiger partial charge in [-0.25, -0.2) is 23.1 Å². The van der Waals surface area contributed by atoms with Gasteiger partial charge in [0.2, 0.25) is 5.91 Å². The number of nitrogens with zero attached hydrogens (tertiary/aromatic N) is 2. The molecule has 1 heterocycles. The van der Waals surface area contributed by atoms with Crippen LogP contribution in [0.4, 0.5) is 30.4 Å². The summed E-state index contributed by atoms with van der Waals surface area (Å²) in [5.74, 6) is -3.75. The molecule has 0 unspecified atom stereocenters. The van der Waals surface area contributed by atoms with Crippen molar-refractivity contribution in [1.82, 2.24) is 9.97 Å². The zero-order chi connectivity index (χ0) is 22.1. The summed E-state index contributed by atoms with van der Waals surface area (Å²) in [5, 5.41) is 5.89. The summed E-state index contributed by atoms with van der Waals surface area (Å²) in [6, 6.07) is 9.40. The molecule has 1 aromatic heterocycles. The lowest BCUT2D eigenvalue weighted by molar-refractivity contribution is -0.123. The van der Waals surface area contributed by atoms with E-state index in [-0.39, 0.29) is 22.7 Å². The van der Waals surface area contributed by atoms with Crippen molar-refractivity contribution < 1.29 is 18.0 Å². The molecule has 0 atom stereocenters. The summed E-state index contributed by atoms with van der Waals surface area (Å²) in [4.78, 5) is 20.2. The maximum Gasteiger partial charge on any atom is 0.229 e. The van der Waals surface area contributed by atoms with Crippen LogP contribution in [0.25, 0.3) is 11.3 Å². The first kappa shape index (κ1) is 21.3. The molecule has 1 amide bonds. The van der Waals surface area contributed by atoms with Gasteiger partial charge in [0.05, 0.1) is 5.69 Å². The van der Waals surface area contributed by atoms with Gasteiger partial charge in [-0.2, -0.15) is 0 Å². The second-order valence-corrected chi connectivity index (χ2v) is 7.85. The molecule has 156 valence electrons. The van der Waals surface area contributed by atoms with E-state index in [4.69, 9.17) is 0 Å². The largest absolute Gasteiger partial charge is 0.340 e. The normalized spacial score (nSPS) is 11.3. The van der Waals surface area contributed by atoms with Crippen LogP contribution in [-0.2, 0) is 4.79 Å². The molecular weight excluding hydrogens is 393 g/mol. The fourth-order valence-corrected chi connectivity index (χ4v) is 2.63. The smallest absolute Gasteiger partial charge is 0.229 e. The number of hydrogen-bond donors (Lipinski definition) is 2. The van der Waals surface area contributed by atoms with Gasteiger partial charge in [0.1, 0.15) is 12.1 Å². The van der Waals surface area contributed by atoms with Crippen LogP contribution >= 0.6 is 0 Å². The SMILES string of the molecule is Cc1c(-c2cc(Nc3ccc(NC(=O)C(C)(C)C)cc3)ncn2)cc(F)c(F)c1F. The molecule has 2 N–H and O–H groups in total. The number of carbonyl (C=O) groups excluding carboxylic acids is 1. The van der Waals surface area contributed by atoms with Gasteiger partial charge >= 0.3 is 0 Å². The number of hydrogen-bond acceptors (Lipinski definition) is 4. The van der Waals surface area contributed by atoms with E-state index >= 15 is 0 Å². The van der Waals surface area contributed by atoms with Crippen LogP contribution in [0.1, 0.15) is 26.3 Å². The zero-order valence-electron chi connectivity index (χ0n) is 17.0. The topological polar surface area (TPSA) is 66.9 Å². The Hall–Kier alpha value is -3.42. The van der Waals surface area contributed by atoms with Gasteiger partial charge in [-0.05, 0) is 42.8 Å². The van der Waals surface area contributed by atoms with Gasteiger partial charge in [-0.1, -0.05) is 20.8 Å². The Balaban J connectivity index is 1.80. The first-order chi connectivity index (χ1) is 14.1. The first-order valence-electron chi connectivity index (χ1n) is 9.21. The van der Waals surface area contributed by atoms with Crippen molar-refractivity contribution in [2.45, 2.75) is 27.7 Å². The van der Waals surface area contributed by atoms with E-state index in [1.165, 1.54) is 19.3 Å². The maximum absolute atomic E-state index is 13.9. The molecular formula is C22H21F3N4O. The summed E-state index contributed by atoms with van der Waals surface area (Å²) in [7, 11) is 0. The molecule has 0 aliphatic carbocycles. The van der Waals surface area contributed by atoms with Crippen molar-refractivity contribution in [2.75, 3.05) is 10.6 Å². The Morgan fingerprint density at radius 3 is 2.20 bits per heavy atom. The Bertz CT molecular complexity index is 1090. The number of halogens is 3. The predicted octanol–water partition coefficient (Wildman–Crippen LogP) is 5.60. The maximum atomic E-state index is 13.9. The number of carbonyl (C=O) groups is 1. The Kier molecular flexibility index (Phi) is 5.78. The minimum atomic E-state index is -1.51. The lowest BCUT2D eigenvalue weighted by Crippen LogP contribution is -2.27. The first-order valence-corrected chi connectivity index (χ1v) is 9.21. The van der Waals surface area contributed by atoms with Gasteiger partial charge in [-0.3, -0.25) is 4.79 Å². The molecule has 5 nitrogen and oxygen atoms in total. The van der Waals surface area contributed by atoms with Crippen LogP contribution in [-0.4, -0.2) is 15.9 Å². The highest BCUT2D eigenvalue weighted by molar-refractivity contribution is 5.94. The Morgan fingerprint density at radius 1 is 0.933 bits per heavy atom. The summed E-state index contributed by atoms with van der Waals surface area (Å²) in [5.41, 5.74) is 1.16. The minimum Gasteiger partial charge on any atom is -0.340 e. The van der Waals surface area contributed by atoms with Crippen LogP contribution < -0.4 is 10.6 Å². The van der Waals surface area contributed by atoms with E-state index < -0.39 is 22.9 Å². The predicted molar refractivity (Wildman–Crippen MR) is 110 cm³/mol. The second kappa shape index (κ2) is 8.14. The van der Waals surface area contributed by atoms with Crippen molar-refractivity contribution in [2.24, 2.45) is 5.41 Å². The molecule has 0 fully saturated rings. The van der Waals surface area contributed by atoms with E-state index in [1.807, 2.05) is 20.8 Å². The molecule has 0 radical (unpaired) electrons. The van der Waals surface area contributed by atoms with E-state index in [2.05, 4.69) is 20.6 Å². The fraction of sp³-hybridized carbons (Fsp3) is 0.227. The van der Waals surface area contributed by atoms with E-state index in [1.54, 1.807) is 24.3 Å². The van der Waals surface area contributed by atoms with Gasteiger partial charge < -0.3 is 10.6 Å². The molecule has 0 spiro atoms. The molecule has 8 heteroatoms. The third kappa shape index (κ3) is 4.59. The van der Waals surface area contributed by atoms with Gasteiger partial charge in [0.15, 0.2) is 17.5 Å². The molecule has 0 saturated heterocycles. The molecule has 3 rings (SSSR count). The van der Waals surface area contributed by atoms with Crippen molar-refractivity contribution in [3.8, 4) is 11.3 Å². The number of benzene rings is 2. The molecule has 0 bridgehead atoms. The van der Waals surface area contributed by atoms with Gasteiger partial charge in [0.25, 0.3) is 0 Å². The summed E-state index contributed by atoms with van der Waals surface area (Å²) >= 11 is 0. The van der Waals surface area contributed by atoms with Crippen LogP contribution in [0.2, 0.25) is 0 Å².